The van der Waals surface area contributed by atoms with Crippen LogP contribution in [0.15, 0.2) is 30.3 Å². The molecular weight excluding hydrogens is 360 g/mol. The lowest BCUT2D eigenvalue weighted by Gasteiger charge is -2.13. The van der Waals surface area contributed by atoms with Crippen LogP contribution in [0.4, 0.5) is 8.78 Å². The Labute approximate surface area is 154 Å². The molecule has 0 saturated heterocycles. The highest BCUT2D eigenvalue weighted by Gasteiger charge is 2.29. The molecule has 8 heteroatoms. The van der Waals surface area contributed by atoms with Crippen LogP contribution in [0.2, 0.25) is 0 Å². The van der Waals surface area contributed by atoms with Crippen LogP contribution in [0.25, 0.3) is 0 Å². The Morgan fingerprint density at radius 3 is 2.63 bits per heavy atom. The normalized spacial score (nSPS) is 14.9. The van der Waals surface area contributed by atoms with Gasteiger partial charge in [-0.05, 0) is 30.3 Å². The second kappa shape index (κ2) is 7.61. The molecule has 6 nitrogen and oxygen atoms in total. The van der Waals surface area contributed by atoms with E-state index in [4.69, 9.17) is 14.2 Å². The molecule has 3 rings (SSSR count). The first-order chi connectivity index (χ1) is 12.9. The van der Waals surface area contributed by atoms with Crippen molar-refractivity contribution in [2.24, 2.45) is 0 Å². The summed E-state index contributed by atoms with van der Waals surface area (Å²) in [6.07, 6.45) is 0.0129. The Morgan fingerprint density at radius 2 is 1.96 bits per heavy atom. The first kappa shape index (κ1) is 18.6. The minimum absolute atomic E-state index is 0.00123. The highest BCUT2D eigenvalue weighted by Crippen LogP contribution is 2.36. The Balaban J connectivity index is 1.70. The van der Waals surface area contributed by atoms with E-state index in [-0.39, 0.29) is 17.7 Å². The van der Waals surface area contributed by atoms with Gasteiger partial charge >= 0.3 is 5.97 Å². The van der Waals surface area contributed by atoms with Crippen molar-refractivity contribution in [3.05, 3.63) is 58.7 Å². The van der Waals surface area contributed by atoms with Gasteiger partial charge in [-0.3, -0.25) is 4.79 Å². The summed E-state index contributed by atoms with van der Waals surface area (Å²) < 4.78 is 41.9. The standard InChI is InChI=1S/C19H17F2NO5/c1-25-12-5-11-6-13(27-17(11)14(8-12)19(24)26-2)9-22-18(23)10-3-4-15(20)16(21)7-10/h3-5,7-8,13H,6,9H2,1-2H3,(H,22,23). The monoisotopic (exact) mass is 377 g/mol. The predicted octanol–water partition coefficient (Wildman–Crippen LogP) is 2.49. The van der Waals surface area contributed by atoms with E-state index in [2.05, 4.69) is 5.32 Å². The van der Waals surface area contributed by atoms with Gasteiger partial charge < -0.3 is 19.5 Å². The molecule has 2 aromatic rings. The number of rotatable bonds is 5. The van der Waals surface area contributed by atoms with E-state index < -0.39 is 29.6 Å². The summed E-state index contributed by atoms with van der Waals surface area (Å²) in [6.45, 7) is 0.120. The number of halogens is 2. The van der Waals surface area contributed by atoms with Crippen LogP contribution in [-0.2, 0) is 11.2 Å². The van der Waals surface area contributed by atoms with Crippen molar-refractivity contribution >= 4 is 11.9 Å². The number of esters is 1. The van der Waals surface area contributed by atoms with Gasteiger partial charge in [-0.15, -0.1) is 0 Å². The van der Waals surface area contributed by atoms with Crippen molar-refractivity contribution in [2.45, 2.75) is 12.5 Å². The number of hydrogen-bond donors (Lipinski definition) is 1. The number of carbonyl (C=O) groups excluding carboxylic acids is 2. The number of carbonyl (C=O) groups is 2. The largest absolute Gasteiger partial charge is 0.497 e. The molecule has 0 aliphatic carbocycles. The minimum atomic E-state index is -1.10. The lowest BCUT2D eigenvalue weighted by atomic mass is 10.1. The van der Waals surface area contributed by atoms with Gasteiger partial charge in [0.2, 0.25) is 0 Å². The smallest absolute Gasteiger partial charge is 0.341 e. The number of nitrogens with one attached hydrogen (secondary N) is 1. The Hall–Kier alpha value is -3.16. The summed E-state index contributed by atoms with van der Waals surface area (Å²) >= 11 is 0. The van der Waals surface area contributed by atoms with Crippen LogP contribution in [0, 0.1) is 11.6 Å². The Morgan fingerprint density at radius 1 is 1.19 bits per heavy atom. The molecule has 0 saturated carbocycles. The second-order valence-electron chi connectivity index (χ2n) is 5.94. The fourth-order valence-electron chi connectivity index (χ4n) is 2.84. The zero-order valence-electron chi connectivity index (χ0n) is 14.7. The summed E-state index contributed by atoms with van der Waals surface area (Å²) in [4.78, 5) is 24.1. The molecular formula is C19H17F2NO5. The number of benzene rings is 2. The molecule has 0 fully saturated rings. The molecule has 1 amide bonds. The third-order valence-electron chi connectivity index (χ3n) is 4.18. The van der Waals surface area contributed by atoms with Crippen molar-refractivity contribution in [3.8, 4) is 11.5 Å². The van der Waals surface area contributed by atoms with Gasteiger partial charge in [-0.2, -0.15) is 0 Å². The average molecular weight is 377 g/mol. The topological polar surface area (TPSA) is 73.9 Å². The van der Waals surface area contributed by atoms with Crippen LogP contribution in [0.1, 0.15) is 26.3 Å². The summed E-state index contributed by atoms with van der Waals surface area (Å²) in [7, 11) is 2.75. The quantitative estimate of drug-likeness (QED) is 0.811. The lowest BCUT2D eigenvalue weighted by molar-refractivity contribution is 0.0594. The van der Waals surface area contributed by atoms with Crippen molar-refractivity contribution in [2.75, 3.05) is 20.8 Å². The zero-order chi connectivity index (χ0) is 19.6. The van der Waals surface area contributed by atoms with Gasteiger partial charge in [-0.1, -0.05) is 0 Å². The maximum absolute atomic E-state index is 13.2. The highest BCUT2D eigenvalue weighted by molar-refractivity contribution is 5.94. The van der Waals surface area contributed by atoms with E-state index >= 15 is 0 Å². The van der Waals surface area contributed by atoms with Crippen molar-refractivity contribution in [1.29, 1.82) is 0 Å². The SMILES string of the molecule is COC(=O)c1cc(OC)cc2c1OC(CNC(=O)c1ccc(F)c(F)c1)C2. The van der Waals surface area contributed by atoms with Gasteiger partial charge in [0.05, 0.1) is 20.8 Å². The van der Waals surface area contributed by atoms with Crippen LogP contribution in [0.3, 0.4) is 0 Å². The number of fused-ring (bicyclic) bond motifs is 1. The van der Waals surface area contributed by atoms with E-state index in [1.54, 1.807) is 6.07 Å². The molecule has 1 aliphatic heterocycles. The molecule has 2 aromatic carbocycles. The third kappa shape index (κ3) is 3.84. The van der Waals surface area contributed by atoms with Gasteiger partial charge in [0.1, 0.15) is 23.2 Å². The summed E-state index contributed by atoms with van der Waals surface area (Å²) in [5.74, 6) is -2.36. The fourth-order valence-corrected chi connectivity index (χ4v) is 2.84. The second-order valence-corrected chi connectivity index (χ2v) is 5.94. The van der Waals surface area contributed by atoms with Gasteiger partial charge in [-0.25, -0.2) is 13.6 Å². The van der Waals surface area contributed by atoms with E-state index in [9.17, 15) is 18.4 Å². The van der Waals surface area contributed by atoms with E-state index in [1.165, 1.54) is 26.4 Å². The van der Waals surface area contributed by atoms with Crippen LogP contribution < -0.4 is 14.8 Å². The van der Waals surface area contributed by atoms with Gasteiger partial charge in [0.15, 0.2) is 11.6 Å². The Kier molecular flexibility index (Phi) is 5.25. The van der Waals surface area contributed by atoms with Crippen molar-refractivity contribution < 1.29 is 32.6 Å². The maximum atomic E-state index is 13.2. The highest BCUT2D eigenvalue weighted by atomic mass is 19.2. The van der Waals surface area contributed by atoms with E-state index in [0.717, 1.165) is 17.7 Å². The third-order valence-corrected chi connectivity index (χ3v) is 4.18. The number of amides is 1. The molecule has 142 valence electrons. The molecule has 1 atom stereocenters. The maximum Gasteiger partial charge on any atom is 0.341 e. The lowest BCUT2D eigenvalue weighted by Crippen LogP contribution is -2.34. The average Bonchev–Trinajstić information content (AvgIpc) is 3.09. The fraction of sp³-hybridized carbons (Fsp3) is 0.263. The summed E-state index contributed by atoms with van der Waals surface area (Å²) in [5.41, 5.74) is 0.990. The minimum Gasteiger partial charge on any atom is -0.497 e. The molecule has 0 radical (unpaired) electrons. The number of hydrogen-bond acceptors (Lipinski definition) is 5. The van der Waals surface area contributed by atoms with Crippen molar-refractivity contribution in [1.82, 2.24) is 5.32 Å². The summed E-state index contributed by atoms with van der Waals surface area (Å²) in [6, 6.07) is 6.18. The molecule has 27 heavy (non-hydrogen) atoms. The van der Waals surface area contributed by atoms with Crippen LogP contribution in [0.5, 0.6) is 11.5 Å². The van der Waals surface area contributed by atoms with Gasteiger partial charge in [0, 0.05) is 17.5 Å². The molecule has 1 aliphatic rings. The molecule has 1 unspecified atom stereocenters. The first-order valence-electron chi connectivity index (χ1n) is 8.12. The molecule has 0 bridgehead atoms. The molecule has 1 heterocycles. The van der Waals surface area contributed by atoms with Gasteiger partial charge in [0.25, 0.3) is 5.91 Å². The molecule has 1 N–H and O–H groups in total. The number of ether oxygens (including phenoxy) is 3. The van der Waals surface area contributed by atoms with Crippen molar-refractivity contribution in [3.63, 3.8) is 0 Å². The van der Waals surface area contributed by atoms with Crippen LogP contribution >= 0.6 is 0 Å². The van der Waals surface area contributed by atoms with Crippen LogP contribution in [-0.4, -0.2) is 38.7 Å². The number of methoxy groups -OCH3 is 2. The summed E-state index contributed by atoms with van der Waals surface area (Å²) in [5, 5.41) is 2.61. The van der Waals surface area contributed by atoms with E-state index in [1.807, 2.05) is 0 Å². The van der Waals surface area contributed by atoms with E-state index in [0.29, 0.717) is 17.9 Å². The first-order valence-corrected chi connectivity index (χ1v) is 8.12. The zero-order valence-corrected chi connectivity index (χ0v) is 14.7. The molecule has 0 aromatic heterocycles. The predicted molar refractivity (Wildman–Crippen MR) is 91.1 cm³/mol. The molecule has 0 spiro atoms. The Bertz CT molecular complexity index is 900.